The smallest absolute Gasteiger partial charge is 0.251 e. The lowest BCUT2D eigenvalue weighted by Crippen LogP contribution is -2.30. The second kappa shape index (κ2) is 4.47. The summed E-state index contributed by atoms with van der Waals surface area (Å²) >= 11 is 5.80. The average molecular weight is 212 g/mol. The fourth-order valence-electron chi connectivity index (χ4n) is 1.22. The van der Waals surface area contributed by atoms with Crippen LogP contribution in [-0.4, -0.2) is 11.9 Å². The Hall–Kier alpha value is -1.02. The van der Waals surface area contributed by atoms with E-state index in [1.165, 1.54) is 0 Å². The number of hydrogen-bond donors (Lipinski definition) is 1. The molecule has 1 rings (SSSR count). The van der Waals surface area contributed by atoms with Crippen molar-refractivity contribution in [2.45, 2.75) is 26.8 Å². The van der Waals surface area contributed by atoms with E-state index in [2.05, 4.69) is 5.32 Å². The number of amides is 1. The van der Waals surface area contributed by atoms with Crippen molar-refractivity contribution < 1.29 is 4.79 Å². The lowest BCUT2D eigenvalue weighted by atomic mass is 10.1. The van der Waals surface area contributed by atoms with E-state index in [1.807, 2.05) is 20.8 Å². The summed E-state index contributed by atoms with van der Waals surface area (Å²) in [5.41, 5.74) is 1.58. The SMILES string of the molecule is Cc1cc(Cl)ccc1C(=O)NC(C)C. The normalized spacial score (nSPS) is 10.4. The summed E-state index contributed by atoms with van der Waals surface area (Å²) in [4.78, 5) is 11.6. The summed E-state index contributed by atoms with van der Waals surface area (Å²) in [5.74, 6) is -0.0471. The molecule has 0 radical (unpaired) electrons. The van der Waals surface area contributed by atoms with Gasteiger partial charge in [-0.05, 0) is 44.5 Å². The molecule has 1 aromatic carbocycles. The van der Waals surface area contributed by atoms with Crippen LogP contribution < -0.4 is 5.32 Å². The quantitative estimate of drug-likeness (QED) is 0.801. The Morgan fingerprint density at radius 1 is 1.43 bits per heavy atom. The number of benzene rings is 1. The van der Waals surface area contributed by atoms with Crippen molar-refractivity contribution in [3.63, 3.8) is 0 Å². The van der Waals surface area contributed by atoms with Crippen molar-refractivity contribution in [3.05, 3.63) is 34.3 Å². The zero-order valence-corrected chi connectivity index (χ0v) is 9.35. The fraction of sp³-hybridized carbons (Fsp3) is 0.364. The second-order valence-corrected chi connectivity index (χ2v) is 4.02. The third-order valence-corrected chi connectivity index (χ3v) is 2.09. The number of hydrogen-bond acceptors (Lipinski definition) is 1. The van der Waals surface area contributed by atoms with Crippen LogP contribution in [0.5, 0.6) is 0 Å². The van der Waals surface area contributed by atoms with Gasteiger partial charge < -0.3 is 5.32 Å². The lowest BCUT2D eigenvalue weighted by molar-refractivity contribution is 0.0942. The molecule has 0 spiro atoms. The van der Waals surface area contributed by atoms with Crippen LogP contribution in [0, 0.1) is 6.92 Å². The molecule has 0 unspecified atom stereocenters. The van der Waals surface area contributed by atoms with Crippen molar-refractivity contribution in [1.29, 1.82) is 0 Å². The van der Waals surface area contributed by atoms with Gasteiger partial charge in [-0.2, -0.15) is 0 Å². The molecule has 0 aliphatic rings. The number of rotatable bonds is 2. The number of halogens is 1. The maximum atomic E-state index is 11.6. The van der Waals surface area contributed by atoms with Gasteiger partial charge in [0.05, 0.1) is 0 Å². The molecule has 14 heavy (non-hydrogen) atoms. The highest BCUT2D eigenvalue weighted by molar-refractivity contribution is 6.30. The Balaban J connectivity index is 2.90. The molecule has 0 aromatic heterocycles. The first-order valence-corrected chi connectivity index (χ1v) is 4.95. The Kier molecular flexibility index (Phi) is 3.53. The number of carbonyl (C=O) groups is 1. The molecule has 0 fully saturated rings. The van der Waals surface area contributed by atoms with E-state index in [0.717, 1.165) is 5.56 Å². The van der Waals surface area contributed by atoms with Crippen molar-refractivity contribution in [2.24, 2.45) is 0 Å². The van der Waals surface area contributed by atoms with Crippen LogP contribution in [-0.2, 0) is 0 Å². The van der Waals surface area contributed by atoms with Gasteiger partial charge in [0.1, 0.15) is 0 Å². The predicted octanol–water partition coefficient (Wildman–Crippen LogP) is 2.79. The summed E-state index contributed by atoms with van der Waals surface area (Å²) in [6.07, 6.45) is 0. The van der Waals surface area contributed by atoms with Gasteiger partial charge in [-0.3, -0.25) is 4.79 Å². The zero-order valence-electron chi connectivity index (χ0n) is 8.60. The standard InChI is InChI=1S/C11H14ClNO/c1-7(2)13-11(14)10-5-4-9(12)6-8(10)3/h4-7H,1-3H3,(H,13,14). The number of carbonyl (C=O) groups excluding carboxylic acids is 1. The summed E-state index contributed by atoms with van der Waals surface area (Å²) in [6, 6.07) is 5.41. The van der Waals surface area contributed by atoms with Crippen molar-refractivity contribution in [3.8, 4) is 0 Å². The molecule has 0 bridgehead atoms. The van der Waals surface area contributed by atoms with Crippen LogP contribution in [0.15, 0.2) is 18.2 Å². The Labute approximate surface area is 89.3 Å². The topological polar surface area (TPSA) is 29.1 Å². The highest BCUT2D eigenvalue weighted by Gasteiger charge is 2.09. The summed E-state index contributed by atoms with van der Waals surface area (Å²) in [7, 11) is 0. The minimum atomic E-state index is -0.0471. The molecule has 1 aromatic rings. The van der Waals surface area contributed by atoms with E-state index in [1.54, 1.807) is 18.2 Å². The first-order valence-electron chi connectivity index (χ1n) is 4.57. The molecule has 0 saturated carbocycles. The minimum Gasteiger partial charge on any atom is -0.350 e. The maximum absolute atomic E-state index is 11.6. The molecule has 1 amide bonds. The summed E-state index contributed by atoms with van der Waals surface area (Å²) in [6.45, 7) is 5.74. The van der Waals surface area contributed by atoms with Gasteiger partial charge in [0.15, 0.2) is 0 Å². The molecule has 0 saturated heterocycles. The van der Waals surface area contributed by atoms with Crippen LogP contribution in [0.3, 0.4) is 0 Å². The maximum Gasteiger partial charge on any atom is 0.251 e. The summed E-state index contributed by atoms with van der Waals surface area (Å²) in [5, 5.41) is 3.49. The molecule has 0 heterocycles. The zero-order chi connectivity index (χ0) is 10.7. The molecule has 0 aliphatic heterocycles. The monoisotopic (exact) mass is 211 g/mol. The molecule has 76 valence electrons. The average Bonchev–Trinajstić information content (AvgIpc) is 2.01. The van der Waals surface area contributed by atoms with Crippen molar-refractivity contribution in [2.75, 3.05) is 0 Å². The minimum absolute atomic E-state index is 0.0471. The second-order valence-electron chi connectivity index (χ2n) is 3.59. The summed E-state index contributed by atoms with van der Waals surface area (Å²) < 4.78 is 0. The van der Waals surface area contributed by atoms with Crippen LogP contribution in [0.4, 0.5) is 0 Å². The largest absolute Gasteiger partial charge is 0.350 e. The van der Waals surface area contributed by atoms with Gasteiger partial charge >= 0.3 is 0 Å². The van der Waals surface area contributed by atoms with Gasteiger partial charge in [-0.15, -0.1) is 0 Å². The third kappa shape index (κ3) is 2.74. The van der Waals surface area contributed by atoms with Crippen LogP contribution in [0.2, 0.25) is 5.02 Å². The van der Waals surface area contributed by atoms with Gasteiger partial charge in [0.2, 0.25) is 0 Å². The molecule has 2 nitrogen and oxygen atoms in total. The Morgan fingerprint density at radius 2 is 2.07 bits per heavy atom. The van der Waals surface area contributed by atoms with E-state index in [4.69, 9.17) is 11.6 Å². The molecule has 3 heteroatoms. The van der Waals surface area contributed by atoms with Gasteiger partial charge in [0.25, 0.3) is 5.91 Å². The van der Waals surface area contributed by atoms with Crippen LogP contribution in [0.25, 0.3) is 0 Å². The van der Waals surface area contributed by atoms with Crippen molar-refractivity contribution in [1.82, 2.24) is 5.32 Å². The van der Waals surface area contributed by atoms with E-state index >= 15 is 0 Å². The first kappa shape index (κ1) is 11.1. The molecular formula is C11H14ClNO. The molecule has 1 N–H and O–H groups in total. The fourth-order valence-corrected chi connectivity index (χ4v) is 1.45. The van der Waals surface area contributed by atoms with Gasteiger partial charge in [0, 0.05) is 16.6 Å². The van der Waals surface area contributed by atoms with E-state index in [9.17, 15) is 4.79 Å². The highest BCUT2D eigenvalue weighted by atomic mass is 35.5. The lowest BCUT2D eigenvalue weighted by Gasteiger charge is -2.10. The van der Waals surface area contributed by atoms with Gasteiger partial charge in [-0.25, -0.2) is 0 Å². The van der Waals surface area contributed by atoms with Gasteiger partial charge in [-0.1, -0.05) is 11.6 Å². The first-order chi connectivity index (χ1) is 6.50. The van der Waals surface area contributed by atoms with E-state index in [0.29, 0.717) is 10.6 Å². The van der Waals surface area contributed by atoms with Crippen molar-refractivity contribution >= 4 is 17.5 Å². The third-order valence-electron chi connectivity index (χ3n) is 1.85. The number of nitrogens with one attached hydrogen (secondary N) is 1. The van der Waals surface area contributed by atoms with Crippen LogP contribution in [0.1, 0.15) is 29.8 Å². The van der Waals surface area contributed by atoms with Crippen LogP contribution >= 0.6 is 11.6 Å². The molecule has 0 atom stereocenters. The number of aryl methyl sites for hydroxylation is 1. The van der Waals surface area contributed by atoms with E-state index < -0.39 is 0 Å². The molecule has 0 aliphatic carbocycles. The van der Waals surface area contributed by atoms with E-state index in [-0.39, 0.29) is 11.9 Å². The molecular weight excluding hydrogens is 198 g/mol. The Bertz CT molecular complexity index is 347. The highest BCUT2D eigenvalue weighted by Crippen LogP contribution is 2.15. The Morgan fingerprint density at radius 3 is 2.57 bits per heavy atom. The predicted molar refractivity (Wildman–Crippen MR) is 58.8 cm³/mol.